The number of morpholine rings is 1. The molecule has 3 rings (SSSR count). The van der Waals surface area contributed by atoms with Gasteiger partial charge in [0.2, 0.25) is 0 Å². The number of hydrogen-bond acceptors (Lipinski definition) is 4. The zero-order chi connectivity index (χ0) is 10.8. The van der Waals surface area contributed by atoms with E-state index in [1.54, 1.807) is 6.20 Å². The van der Waals surface area contributed by atoms with Gasteiger partial charge in [-0.1, -0.05) is 0 Å². The van der Waals surface area contributed by atoms with Crippen LogP contribution in [0.1, 0.15) is 5.82 Å². The average Bonchev–Trinajstić information content (AvgIpc) is 2.72. The molecule has 1 aliphatic heterocycles. The number of ether oxygens (including phenoxy) is 1. The summed E-state index contributed by atoms with van der Waals surface area (Å²) in [5, 5.41) is 0. The Kier molecular flexibility index (Phi) is 2.55. The lowest BCUT2D eigenvalue weighted by atomic mass is 10.4. The number of imidazole rings is 1. The molecule has 0 bridgehead atoms. The van der Waals surface area contributed by atoms with E-state index in [2.05, 4.69) is 19.9 Å². The number of pyridine rings is 1. The van der Waals surface area contributed by atoms with Gasteiger partial charge in [0.1, 0.15) is 5.82 Å². The quantitative estimate of drug-likeness (QED) is 0.809. The first-order chi connectivity index (χ1) is 7.92. The van der Waals surface area contributed by atoms with Crippen LogP contribution >= 0.6 is 0 Å². The Labute approximate surface area is 93.5 Å². The fourth-order valence-electron chi connectivity index (χ4n) is 1.94. The third kappa shape index (κ3) is 1.91. The first kappa shape index (κ1) is 9.74. The maximum Gasteiger partial charge on any atom is 0.177 e. The van der Waals surface area contributed by atoms with Gasteiger partial charge in [-0.25, -0.2) is 9.97 Å². The molecule has 3 heterocycles. The minimum absolute atomic E-state index is 0.797. The van der Waals surface area contributed by atoms with Crippen molar-refractivity contribution in [1.82, 2.24) is 19.9 Å². The van der Waals surface area contributed by atoms with E-state index in [4.69, 9.17) is 4.74 Å². The van der Waals surface area contributed by atoms with Crippen molar-refractivity contribution >= 4 is 11.2 Å². The van der Waals surface area contributed by atoms with Gasteiger partial charge in [-0.05, 0) is 12.1 Å². The zero-order valence-electron chi connectivity index (χ0n) is 9.02. The monoisotopic (exact) mass is 218 g/mol. The molecule has 1 fully saturated rings. The largest absolute Gasteiger partial charge is 0.379 e. The highest BCUT2D eigenvalue weighted by Gasteiger charge is 2.12. The first-order valence-electron chi connectivity index (χ1n) is 5.51. The summed E-state index contributed by atoms with van der Waals surface area (Å²) >= 11 is 0. The topological polar surface area (TPSA) is 54.0 Å². The Hall–Kier alpha value is -1.46. The van der Waals surface area contributed by atoms with E-state index in [0.717, 1.165) is 49.8 Å². The van der Waals surface area contributed by atoms with Crippen molar-refractivity contribution in [3.05, 3.63) is 24.2 Å². The molecular formula is C11H14N4O. The Morgan fingerprint density at radius 2 is 2.25 bits per heavy atom. The van der Waals surface area contributed by atoms with Crippen molar-refractivity contribution in [2.45, 2.75) is 6.54 Å². The van der Waals surface area contributed by atoms with Crippen LogP contribution in [-0.2, 0) is 11.3 Å². The van der Waals surface area contributed by atoms with Gasteiger partial charge in [0.15, 0.2) is 5.65 Å². The smallest absolute Gasteiger partial charge is 0.177 e. The summed E-state index contributed by atoms with van der Waals surface area (Å²) in [6.07, 6.45) is 1.77. The maximum absolute atomic E-state index is 5.31. The van der Waals surface area contributed by atoms with E-state index < -0.39 is 0 Å². The molecule has 16 heavy (non-hydrogen) atoms. The van der Waals surface area contributed by atoms with Crippen LogP contribution < -0.4 is 0 Å². The summed E-state index contributed by atoms with van der Waals surface area (Å²) in [5.41, 5.74) is 1.80. The molecule has 0 radical (unpaired) electrons. The Morgan fingerprint density at radius 3 is 3.06 bits per heavy atom. The number of hydrogen-bond donors (Lipinski definition) is 1. The highest BCUT2D eigenvalue weighted by molar-refractivity contribution is 5.69. The predicted octanol–water partition coefficient (Wildman–Crippen LogP) is 0.790. The van der Waals surface area contributed by atoms with Crippen molar-refractivity contribution < 1.29 is 4.74 Å². The summed E-state index contributed by atoms with van der Waals surface area (Å²) < 4.78 is 5.31. The van der Waals surface area contributed by atoms with E-state index in [-0.39, 0.29) is 0 Å². The van der Waals surface area contributed by atoms with Gasteiger partial charge < -0.3 is 9.72 Å². The molecule has 1 aliphatic rings. The molecule has 0 unspecified atom stereocenters. The number of fused-ring (bicyclic) bond motifs is 1. The number of nitrogens with zero attached hydrogens (tertiary/aromatic N) is 3. The zero-order valence-corrected chi connectivity index (χ0v) is 9.02. The molecule has 1 N–H and O–H groups in total. The molecule has 5 heteroatoms. The second-order valence-electron chi connectivity index (χ2n) is 3.95. The fourth-order valence-corrected chi connectivity index (χ4v) is 1.94. The molecule has 0 atom stereocenters. The molecule has 0 spiro atoms. The molecule has 84 valence electrons. The normalized spacial score (nSPS) is 18.0. The third-order valence-electron chi connectivity index (χ3n) is 2.78. The van der Waals surface area contributed by atoms with Gasteiger partial charge in [0.05, 0.1) is 25.3 Å². The van der Waals surface area contributed by atoms with E-state index in [0.29, 0.717) is 0 Å². The molecule has 5 nitrogen and oxygen atoms in total. The molecule has 0 saturated carbocycles. The Balaban J connectivity index is 1.78. The highest BCUT2D eigenvalue weighted by atomic mass is 16.5. The molecule has 1 saturated heterocycles. The van der Waals surface area contributed by atoms with Crippen molar-refractivity contribution in [3.8, 4) is 0 Å². The molecule has 2 aromatic rings. The van der Waals surface area contributed by atoms with Crippen molar-refractivity contribution in [3.63, 3.8) is 0 Å². The van der Waals surface area contributed by atoms with Gasteiger partial charge in [0.25, 0.3) is 0 Å². The van der Waals surface area contributed by atoms with Gasteiger partial charge in [-0.2, -0.15) is 0 Å². The number of H-pyrrole nitrogens is 1. The van der Waals surface area contributed by atoms with E-state index in [1.165, 1.54) is 0 Å². The Morgan fingerprint density at radius 1 is 1.38 bits per heavy atom. The molecule has 0 aromatic carbocycles. The maximum atomic E-state index is 5.31. The van der Waals surface area contributed by atoms with Gasteiger partial charge in [-0.3, -0.25) is 4.90 Å². The van der Waals surface area contributed by atoms with Crippen molar-refractivity contribution in [1.29, 1.82) is 0 Å². The summed E-state index contributed by atoms with van der Waals surface area (Å²) in [4.78, 5) is 14.3. The van der Waals surface area contributed by atoms with E-state index in [9.17, 15) is 0 Å². The highest BCUT2D eigenvalue weighted by Crippen LogP contribution is 2.10. The summed E-state index contributed by atoms with van der Waals surface area (Å²) in [7, 11) is 0. The van der Waals surface area contributed by atoms with Crippen LogP contribution in [0.4, 0.5) is 0 Å². The van der Waals surface area contributed by atoms with Crippen LogP contribution in [0.25, 0.3) is 11.2 Å². The third-order valence-corrected chi connectivity index (χ3v) is 2.78. The second kappa shape index (κ2) is 4.19. The minimum Gasteiger partial charge on any atom is -0.379 e. The van der Waals surface area contributed by atoms with Crippen LogP contribution in [0, 0.1) is 0 Å². The number of aromatic amines is 1. The number of aromatic nitrogens is 3. The lowest BCUT2D eigenvalue weighted by Crippen LogP contribution is -2.35. The lowest BCUT2D eigenvalue weighted by molar-refractivity contribution is 0.0332. The van der Waals surface area contributed by atoms with Gasteiger partial charge >= 0.3 is 0 Å². The SMILES string of the molecule is c1cnc2nc(CN3CCOCC3)[nH]c2c1. The van der Waals surface area contributed by atoms with Crippen LogP contribution in [0.2, 0.25) is 0 Å². The van der Waals surface area contributed by atoms with Gasteiger partial charge in [-0.15, -0.1) is 0 Å². The minimum atomic E-state index is 0.797. The van der Waals surface area contributed by atoms with Crippen LogP contribution in [0.5, 0.6) is 0 Å². The summed E-state index contributed by atoms with van der Waals surface area (Å²) in [5.74, 6) is 0.982. The fraction of sp³-hybridized carbons (Fsp3) is 0.455. The first-order valence-corrected chi connectivity index (χ1v) is 5.51. The average molecular weight is 218 g/mol. The number of rotatable bonds is 2. The van der Waals surface area contributed by atoms with Crippen LogP contribution in [-0.4, -0.2) is 46.2 Å². The lowest BCUT2D eigenvalue weighted by Gasteiger charge is -2.25. The van der Waals surface area contributed by atoms with E-state index >= 15 is 0 Å². The number of nitrogens with one attached hydrogen (secondary N) is 1. The van der Waals surface area contributed by atoms with E-state index in [1.807, 2.05) is 12.1 Å². The molecule has 2 aromatic heterocycles. The standard InChI is InChI=1S/C11H14N4O/c1-2-9-11(12-3-1)14-10(13-9)8-15-4-6-16-7-5-15/h1-3H,4-8H2,(H,12,13,14). The Bertz CT molecular complexity index is 443. The predicted molar refractivity (Wildman–Crippen MR) is 60.0 cm³/mol. The molecular weight excluding hydrogens is 204 g/mol. The van der Waals surface area contributed by atoms with Gasteiger partial charge in [0, 0.05) is 19.3 Å². The van der Waals surface area contributed by atoms with Crippen molar-refractivity contribution in [2.75, 3.05) is 26.3 Å². The van der Waals surface area contributed by atoms with Crippen LogP contribution in [0.3, 0.4) is 0 Å². The second-order valence-corrected chi connectivity index (χ2v) is 3.95. The molecule has 0 amide bonds. The molecule has 0 aliphatic carbocycles. The summed E-state index contributed by atoms with van der Waals surface area (Å²) in [6, 6.07) is 3.91. The summed E-state index contributed by atoms with van der Waals surface area (Å²) in [6.45, 7) is 4.44. The van der Waals surface area contributed by atoms with Crippen LogP contribution in [0.15, 0.2) is 18.3 Å². The van der Waals surface area contributed by atoms with Crippen molar-refractivity contribution in [2.24, 2.45) is 0 Å².